The highest BCUT2D eigenvalue weighted by atomic mass is 16.3. The third-order valence-corrected chi connectivity index (χ3v) is 1.91. The molecule has 2 unspecified atom stereocenters. The summed E-state index contributed by atoms with van der Waals surface area (Å²) in [5, 5.41) is 11.8. The molecule has 0 saturated carbocycles. The lowest BCUT2D eigenvalue weighted by Gasteiger charge is -2.08. The Balaban J connectivity index is 2.41. The van der Waals surface area contributed by atoms with Gasteiger partial charge in [-0.3, -0.25) is 4.79 Å². The lowest BCUT2D eigenvalue weighted by Crippen LogP contribution is -2.24. The summed E-state index contributed by atoms with van der Waals surface area (Å²) in [4.78, 5) is 10.7. The number of carbonyl (C=O) groups is 1. The summed E-state index contributed by atoms with van der Waals surface area (Å²) in [6, 6.07) is 0. The molecular weight excluding hydrogens is 130 g/mol. The van der Waals surface area contributed by atoms with Crippen molar-refractivity contribution in [2.75, 3.05) is 6.54 Å². The van der Waals surface area contributed by atoms with Crippen LogP contribution in [0, 0.1) is 5.92 Å². The van der Waals surface area contributed by atoms with Gasteiger partial charge in [-0.15, -0.1) is 0 Å². The maximum atomic E-state index is 10.7. The SMILES string of the molecule is CCCC1CNC(=O)C1O. The van der Waals surface area contributed by atoms with Gasteiger partial charge in [-0.2, -0.15) is 0 Å². The molecule has 1 heterocycles. The van der Waals surface area contributed by atoms with E-state index in [9.17, 15) is 9.90 Å². The molecule has 1 aliphatic rings. The van der Waals surface area contributed by atoms with Gasteiger partial charge in [-0.05, 0) is 6.42 Å². The van der Waals surface area contributed by atoms with Crippen LogP contribution >= 0.6 is 0 Å². The minimum atomic E-state index is -0.750. The first kappa shape index (κ1) is 7.54. The fourth-order valence-corrected chi connectivity index (χ4v) is 1.29. The van der Waals surface area contributed by atoms with E-state index in [2.05, 4.69) is 12.2 Å². The number of hydrogen-bond acceptors (Lipinski definition) is 2. The van der Waals surface area contributed by atoms with Crippen molar-refractivity contribution in [1.29, 1.82) is 0 Å². The molecule has 1 rings (SSSR count). The van der Waals surface area contributed by atoms with E-state index in [4.69, 9.17) is 0 Å². The van der Waals surface area contributed by atoms with Crippen LogP contribution < -0.4 is 5.32 Å². The molecule has 0 aromatic carbocycles. The zero-order chi connectivity index (χ0) is 7.56. The molecule has 0 bridgehead atoms. The second kappa shape index (κ2) is 3.01. The normalized spacial score (nSPS) is 32.4. The van der Waals surface area contributed by atoms with E-state index < -0.39 is 6.10 Å². The quantitative estimate of drug-likeness (QED) is 0.566. The molecule has 58 valence electrons. The summed E-state index contributed by atoms with van der Waals surface area (Å²) in [6.45, 7) is 2.70. The third kappa shape index (κ3) is 1.29. The molecule has 0 radical (unpaired) electrons. The Labute approximate surface area is 60.4 Å². The standard InChI is InChI=1S/C7H13NO2/c1-2-3-5-4-8-7(10)6(5)9/h5-6,9H,2-4H2,1H3,(H,8,10). The summed E-state index contributed by atoms with van der Waals surface area (Å²) >= 11 is 0. The molecule has 1 saturated heterocycles. The first-order chi connectivity index (χ1) is 4.75. The molecule has 0 spiro atoms. The first-order valence-electron chi connectivity index (χ1n) is 3.71. The average Bonchev–Trinajstić information content (AvgIpc) is 2.20. The van der Waals surface area contributed by atoms with Gasteiger partial charge in [-0.25, -0.2) is 0 Å². The Bertz CT molecular complexity index is 136. The Morgan fingerprint density at radius 2 is 2.50 bits per heavy atom. The molecule has 1 aliphatic heterocycles. The second-order valence-electron chi connectivity index (χ2n) is 2.74. The van der Waals surface area contributed by atoms with Crippen LogP contribution in [0.3, 0.4) is 0 Å². The minimum absolute atomic E-state index is 0.150. The fourth-order valence-electron chi connectivity index (χ4n) is 1.29. The van der Waals surface area contributed by atoms with Gasteiger partial charge in [0.1, 0.15) is 6.10 Å². The molecule has 0 aromatic heterocycles. The molecule has 1 amide bonds. The maximum Gasteiger partial charge on any atom is 0.249 e. The van der Waals surface area contributed by atoms with E-state index >= 15 is 0 Å². The molecule has 1 fully saturated rings. The van der Waals surface area contributed by atoms with Crippen LogP contribution in [-0.2, 0) is 4.79 Å². The van der Waals surface area contributed by atoms with Crippen LogP contribution in [0.4, 0.5) is 0 Å². The third-order valence-electron chi connectivity index (χ3n) is 1.91. The molecule has 0 aliphatic carbocycles. The number of aliphatic hydroxyl groups is 1. The van der Waals surface area contributed by atoms with E-state index in [1.807, 2.05) is 0 Å². The number of nitrogens with one attached hydrogen (secondary N) is 1. The van der Waals surface area contributed by atoms with Gasteiger partial charge in [0.05, 0.1) is 0 Å². The Morgan fingerprint density at radius 1 is 1.80 bits per heavy atom. The molecule has 3 heteroatoms. The second-order valence-corrected chi connectivity index (χ2v) is 2.74. The Morgan fingerprint density at radius 3 is 2.90 bits per heavy atom. The predicted octanol–water partition coefficient (Wildman–Crippen LogP) is -0.107. The predicted molar refractivity (Wildman–Crippen MR) is 37.4 cm³/mol. The van der Waals surface area contributed by atoms with E-state index in [0.717, 1.165) is 12.8 Å². The maximum absolute atomic E-state index is 10.7. The number of aliphatic hydroxyl groups excluding tert-OH is 1. The van der Waals surface area contributed by atoms with Crippen molar-refractivity contribution < 1.29 is 9.90 Å². The van der Waals surface area contributed by atoms with Gasteiger partial charge < -0.3 is 10.4 Å². The lowest BCUT2D eigenvalue weighted by molar-refractivity contribution is -0.127. The number of carbonyl (C=O) groups excluding carboxylic acids is 1. The number of rotatable bonds is 2. The van der Waals surface area contributed by atoms with Crippen molar-refractivity contribution in [3.8, 4) is 0 Å². The largest absolute Gasteiger partial charge is 0.383 e. The first-order valence-corrected chi connectivity index (χ1v) is 3.71. The van der Waals surface area contributed by atoms with Crippen molar-refractivity contribution >= 4 is 5.91 Å². The van der Waals surface area contributed by atoms with E-state index in [0.29, 0.717) is 6.54 Å². The van der Waals surface area contributed by atoms with Crippen LogP contribution in [-0.4, -0.2) is 23.7 Å². The van der Waals surface area contributed by atoms with Crippen molar-refractivity contribution in [3.05, 3.63) is 0 Å². The van der Waals surface area contributed by atoms with Crippen LogP contribution in [0.5, 0.6) is 0 Å². The molecule has 2 N–H and O–H groups in total. The van der Waals surface area contributed by atoms with Gasteiger partial charge in [0.25, 0.3) is 0 Å². The van der Waals surface area contributed by atoms with E-state index in [1.165, 1.54) is 0 Å². The molecular formula is C7H13NO2. The van der Waals surface area contributed by atoms with Crippen LogP contribution in [0.2, 0.25) is 0 Å². The van der Waals surface area contributed by atoms with Gasteiger partial charge in [0.15, 0.2) is 0 Å². The van der Waals surface area contributed by atoms with Gasteiger partial charge in [0.2, 0.25) is 5.91 Å². The summed E-state index contributed by atoms with van der Waals surface area (Å²) in [6.07, 6.45) is 1.20. The summed E-state index contributed by atoms with van der Waals surface area (Å²) in [7, 11) is 0. The summed E-state index contributed by atoms with van der Waals surface area (Å²) in [5.41, 5.74) is 0. The lowest BCUT2D eigenvalue weighted by atomic mass is 10.0. The molecule has 3 nitrogen and oxygen atoms in total. The smallest absolute Gasteiger partial charge is 0.249 e. The van der Waals surface area contributed by atoms with Crippen molar-refractivity contribution in [1.82, 2.24) is 5.32 Å². The molecule has 10 heavy (non-hydrogen) atoms. The highest BCUT2D eigenvalue weighted by Crippen LogP contribution is 2.15. The monoisotopic (exact) mass is 143 g/mol. The van der Waals surface area contributed by atoms with Gasteiger partial charge >= 0.3 is 0 Å². The fraction of sp³-hybridized carbons (Fsp3) is 0.857. The highest BCUT2D eigenvalue weighted by molar-refractivity contribution is 5.82. The zero-order valence-electron chi connectivity index (χ0n) is 6.13. The van der Waals surface area contributed by atoms with E-state index in [-0.39, 0.29) is 11.8 Å². The zero-order valence-corrected chi connectivity index (χ0v) is 6.13. The molecule has 0 aromatic rings. The van der Waals surface area contributed by atoms with Crippen LogP contribution in [0.25, 0.3) is 0 Å². The van der Waals surface area contributed by atoms with Crippen LogP contribution in [0.1, 0.15) is 19.8 Å². The summed E-state index contributed by atoms with van der Waals surface area (Å²) in [5.74, 6) is -0.0593. The van der Waals surface area contributed by atoms with Crippen molar-refractivity contribution in [2.24, 2.45) is 5.92 Å². The molecule has 2 atom stereocenters. The van der Waals surface area contributed by atoms with Gasteiger partial charge in [0, 0.05) is 12.5 Å². The van der Waals surface area contributed by atoms with Crippen LogP contribution in [0.15, 0.2) is 0 Å². The summed E-state index contributed by atoms with van der Waals surface area (Å²) < 4.78 is 0. The Kier molecular flexibility index (Phi) is 2.27. The minimum Gasteiger partial charge on any atom is -0.383 e. The van der Waals surface area contributed by atoms with Gasteiger partial charge in [-0.1, -0.05) is 13.3 Å². The topological polar surface area (TPSA) is 49.3 Å². The van der Waals surface area contributed by atoms with Crippen molar-refractivity contribution in [3.63, 3.8) is 0 Å². The average molecular weight is 143 g/mol. The number of hydrogen-bond donors (Lipinski definition) is 2. The highest BCUT2D eigenvalue weighted by Gasteiger charge is 2.31. The van der Waals surface area contributed by atoms with E-state index in [1.54, 1.807) is 0 Å². The van der Waals surface area contributed by atoms with Crippen molar-refractivity contribution in [2.45, 2.75) is 25.9 Å². The number of amides is 1. The Hall–Kier alpha value is -0.570.